The largest absolute Gasteiger partial charge is 0.368 e. The van der Waals surface area contributed by atoms with E-state index < -0.39 is 6.03 Å². The van der Waals surface area contributed by atoms with E-state index in [2.05, 4.69) is 23.2 Å². The number of carbonyl (C=O) groups is 2. The number of primary amides is 1. The van der Waals surface area contributed by atoms with E-state index in [1.54, 1.807) is 4.90 Å². The first-order valence-corrected chi connectivity index (χ1v) is 9.02. The van der Waals surface area contributed by atoms with Gasteiger partial charge in [-0.15, -0.1) is 0 Å². The van der Waals surface area contributed by atoms with E-state index in [0.717, 1.165) is 24.8 Å². The molecule has 2 aromatic rings. The third-order valence-corrected chi connectivity index (χ3v) is 5.67. The van der Waals surface area contributed by atoms with Crippen LogP contribution in [0.2, 0.25) is 0 Å². The Labute approximate surface area is 152 Å². The number of aromatic amines is 1. The molecule has 3 N–H and O–H groups in total. The molecular weight excluding hydrogens is 332 g/mol. The van der Waals surface area contributed by atoms with Crippen molar-refractivity contribution in [3.63, 3.8) is 0 Å². The van der Waals surface area contributed by atoms with Crippen LogP contribution < -0.4 is 5.73 Å². The zero-order valence-corrected chi connectivity index (χ0v) is 15.0. The average Bonchev–Trinajstić information content (AvgIpc) is 3.03. The molecule has 1 spiro atoms. The van der Waals surface area contributed by atoms with Gasteiger partial charge in [0.1, 0.15) is 12.1 Å². The molecule has 0 saturated carbocycles. The quantitative estimate of drug-likeness (QED) is 0.855. The molecule has 7 nitrogen and oxygen atoms in total. The Hall–Kier alpha value is -2.54. The number of amides is 3. The molecule has 1 aromatic heterocycles. The number of hydrogen-bond donors (Lipinski definition) is 2. The van der Waals surface area contributed by atoms with Gasteiger partial charge < -0.3 is 25.3 Å². The van der Waals surface area contributed by atoms with Gasteiger partial charge in [-0.1, -0.05) is 18.2 Å². The van der Waals surface area contributed by atoms with Crippen LogP contribution in [0.15, 0.2) is 24.3 Å². The fourth-order valence-corrected chi connectivity index (χ4v) is 4.16. The molecule has 3 amide bonds. The predicted molar refractivity (Wildman–Crippen MR) is 97.7 cm³/mol. The normalized spacial score (nSPS) is 18.7. The van der Waals surface area contributed by atoms with Gasteiger partial charge in [-0.25, -0.2) is 4.79 Å². The summed E-state index contributed by atoms with van der Waals surface area (Å²) >= 11 is 0. The van der Waals surface area contributed by atoms with Crippen LogP contribution in [0.1, 0.15) is 24.1 Å². The van der Waals surface area contributed by atoms with Crippen LogP contribution in [0.4, 0.5) is 4.79 Å². The third kappa shape index (κ3) is 2.72. The van der Waals surface area contributed by atoms with Crippen LogP contribution in [0.25, 0.3) is 10.9 Å². The molecule has 7 heteroatoms. The molecule has 0 radical (unpaired) electrons. The second kappa shape index (κ2) is 6.32. The highest BCUT2D eigenvalue weighted by molar-refractivity contribution is 5.85. The Bertz CT molecular complexity index is 852. The zero-order valence-electron chi connectivity index (χ0n) is 15.0. The maximum Gasteiger partial charge on any atom is 0.314 e. The third-order valence-electron chi connectivity index (χ3n) is 5.67. The molecule has 0 atom stereocenters. The second-order valence-electron chi connectivity index (χ2n) is 7.19. The highest BCUT2D eigenvalue weighted by Crippen LogP contribution is 2.43. The molecule has 138 valence electrons. The summed E-state index contributed by atoms with van der Waals surface area (Å²) in [6.45, 7) is 1.94. The standard InChI is InChI=1S/C19H24N4O3/c1-22(18(20)25)12-16(24)23-9-7-19(8-10-23)17-14(6-11-26-19)13-4-2-3-5-15(13)21-17/h2-5,21H,6-12H2,1H3,(H2,20,25). The number of nitrogens with one attached hydrogen (secondary N) is 1. The molecule has 0 unspecified atom stereocenters. The molecule has 1 saturated heterocycles. The van der Waals surface area contributed by atoms with E-state index in [1.165, 1.54) is 28.6 Å². The number of hydrogen-bond acceptors (Lipinski definition) is 3. The molecule has 2 aliphatic heterocycles. The smallest absolute Gasteiger partial charge is 0.314 e. The van der Waals surface area contributed by atoms with E-state index >= 15 is 0 Å². The lowest BCUT2D eigenvalue weighted by atomic mass is 9.83. The molecule has 0 bridgehead atoms. The van der Waals surface area contributed by atoms with Crippen molar-refractivity contribution in [2.45, 2.75) is 24.9 Å². The number of likely N-dealkylation sites (N-methyl/N-ethyl adjacent to an activating group) is 1. The first-order chi connectivity index (χ1) is 12.5. The number of rotatable bonds is 2. The summed E-state index contributed by atoms with van der Waals surface area (Å²) in [5.41, 5.74) is 8.52. The molecule has 3 heterocycles. The number of benzene rings is 1. The summed E-state index contributed by atoms with van der Waals surface area (Å²) in [7, 11) is 1.53. The van der Waals surface area contributed by atoms with Crippen molar-refractivity contribution in [1.82, 2.24) is 14.8 Å². The number of nitrogens with two attached hydrogens (primary N) is 1. The zero-order chi connectivity index (χ0) is 18.3. The van der Waals surface area contributed by atoms with E-state index in [9.17, 15) is 9.59 Å². The summed E-state index contributed by atoms with van der Waals surface area (Å²) < 4.78 is 6.26. The lowest BCUT2D eigenvalue weighted by Gasteiger charge is -2.44. The van der Waals surface area contributed by atoms with Crippen molar-refractivity contribution in [1.29, 1.82) is 0 Å². The van der Waals surface area contributed by atoms with Gasteiger partial charge >= 0.3 is 6.03 Å². The number of urea groups is 1. The van der Waals surface area contributed by atoms with Crippen LogP contribution in [0.5, 0.6) is 0 Å². The summed E-state index contributed by atoms with van der Waals surface area (Å²) in [6, 6.07) is 7.76. The Kier molecular flexibility index (Phi) is 4.11. The molecule has 2 aliphatic rings. The number of ether oxygens (including phenoxy) is 1. The first-order valence-electron chi connectivity index (χ1n) is 9.02. The monoisotopic (exact) mass is 356 g/mol. The van der Waals surface area contributed by atoms with E-state index in [0.29, 0.717) is 19.7 Å². The fourth-order valence-electron chi connectivity index (χ4n) is 4.16. The highest BCUT2D eigenvalue weighted by atomic mass is 16.5. The molecule has 1 fully saturated rings. The number of aromatic nitrogens is 1. The Morgan fingerprint density at radius 3 is 2.77 bits per heavy atom. The number of para-hydroxylation sites is 1. The van der Waals surface area contributed by atoms with Crippen LogP contribution in [-0.2, 0) is 21.6 Å². The molecule has 26 heavy (non-hydrogen) atoms. The first kappa shape index (κ1) is 16.9. The van der Waals surface area contributed by atoms with Crippen molar-refractivity contribution in [2.75, 3.05) is 33.3 Å². The Morgan fingerprint density at radius 2 is 2.04 bits per heavy atom. The minimum Gasteiger partial charge on any atom is -0.368 e. The van der Waals surface area contributed by atoms with Crippen LogP contribution in [0.3, 0.4) is 0 Å². The van der Waals surface area contributed by atoms with Gasteiger partial charge in [0.05, 0.1) is 12.3 Å². The van der Waals surface area contributed by atoms with E-state index in [4.69, 9.17) is 10.5 Å². The molecule has 1 aromatic carbocycles. The minimum absolute atomic E-state index is 0.0147. The van der Waals surface area contributed by atoms with Crippen molar-refractivity contribution in [3.05, 3.63) is 35.5 Å². The summed E-state index contributed by atoms with van der Waals surface area (Å²) in [5.74, 6) is -0.0752. The van der Waals surface area contributed by atoms with Gasteiger partial charge in [0, 0.05) is 31.0 Å². The second-order valence-corrected chi connectivity index (χ2v) is 7.19. The number of piperidine rings is 1. The van der Waals surface area contributed by atoms with Gasteiger partial charge in [-0.2, -0.15) is 0 Å². The Morgan fingerprint density at radius 1 is 1.31 bits per heavy atom. The van der Waals surface area contributed by atoms with Crippen molar-refractivity contribution >= 4 is 22.8 Å². The van der Waals surface area contributed by atoms with E-state index in [-0.39, 0.29) is 18.1 Å². The maximum absolute atomic E-state index is 12.4. The molecular formula is C19H24N4O3. The van der Waals surface area contributed by atoms with Crippen molar-refractivity contribution < 1.29 is 14.3 Å². The summed E-state index contributed by atoms with van der Waals surface area (Å²) in [4.78, 5) is 30.1. The van der Waals surface area contributed by atoms with E-state index in [1.807, 2.05) is 6.07 Å². The highest BCUT2D eigenvalue weighted by Gasteiger charge is 2.43. The van der Waals surface area contributed by atoms with Gasteiger partial charge in [-0.05, 0) is 30.9 Å². The van der Waals surface area contributed by atoms with Crippen LogP contribution >= 0.6 is 0 Å². The van der Waals surface area contributed by atoms with Crippen LogP contribution in [-0.4, -0.2) is 60.0 Å². The molecule has 0 aliphatic carbocycles. The number of fused-ring (bicyclic) bond motifs is 4. The number of likely N-dealkylation sites (tertiary alicyclic amines) is 1. The maximum atomic E-state index is 12.4. The topological polar surface area (TPSA) is 91.7 Å². The SMILES string of the molecule is CN(CC(=O)N1CCC2(CC1)OCCc1c2[nH]c2ccccc12)C(N)=O. The predicted octanol–water partition coefficient (Wildman–Crippen LogP) is 1.57. The van der Waals surface area contributed by atoms with Crippen LogP contribution in [0, 0.1) is 0 Å². The minimum atomic E-state index is -0.592. The van der Waals surface area contributed by atoms with Gasteiger partial charge in [-0.3, -0.25) is 4.79 Å². The summed E-state index contributed by atoms with van der Waals surface area (Å²) in [6.07, 6.45) is 2.41. The lowest BCUT2D eigenvalue weighted by molar-refractivity contribution is -0.141. The Balaban J connectivity index is 1.53. The van der Waals surface area contributed by atoms with Gasteiger partial charge in [0.15, 0.2) is 0 Å². The number of carbonyl (C=O) groups excluding carboxylic acids is 2. The summed E-state index contributed by atoms with van der Waals surface area (Å²) in [5, 5.41) is 1.27. The fraction of sp³-hybridized carbons (Fsp3) is 0.474. The van der Waals surface area contributed by atoms with Gasteiger partial charge in [0.25, 0.3) is 0 Å². The lowest BCUT2D eigenvalue weighted by Crippen LogP contribution is -2.51. The number of nitrogens with zero attached hydrogens (tertiary/aromatic N) is 2. The average molecular weight is 356 g/mol. The van der Waals surface area contributed by atoms with Crippen molar-refractivity contribution in [2.24, 2.45) is 5.73 Å². The van der Waals surface area contributed by atoms with Gasteiger partial charge in [0.2, 0.25) is 5.91 Å². The number of H-pyrrole nitrogens is 1. The van der Waals surface area contributed by atoms with Crippen molar-refractivity contribution in [3.8, 4) is 0 Å². The molecule has 4 rings (SSSR count).